The standard InChI is InChI=1S/C23H25N7OS2/c1-3-4-5-10-32-22-19-20(26-13-27-22)28-14-29(19)12-16-6-7-18-17(11-16)30(15-31-2)21-23(33-18)25-9-8-24-21/h6-9,11,13-14H,3-5,10,12,15H2,1-2H3. The average Bonchev–Trinajstić information content (AvgIpc) is 3.25. The monoisotopic (exact) mass is 479 g/mol. The molecule has 0 radical (unpaired) electrons. The van der Waals surface area contributed by atoms with Crippen molar-refractivity contribution in [3.8, 4) is 0 Å². The van der Waals surface area contributed by atoms with Crippen LogP contribution in [0.1, 0.15) is 31.7 Å². The minimum absolute atomic E-state index is 0.406. The molecular weight excluding hydrogens is 454 g/mol. The first-order valence-electron chi connectivity index (χ1n) is 11.0. The quantitative estimate of drug-likeness (QED) is 0.184. The minimum Gasteiger partial charge on any atom is -0.364 e. The van der Waals surface area contributed by atoms with E-state index < -0.39 is 0 Å². The summed E-state index contributed by atoms with van der Waals surface area (Å²) in [5, 5.41) is 1.88. The summed E-state index contributed by atoms with van der Waals surface area (Å²) in [6.07, 6.45) is 10.5. The molecule has 0 bridgehead atoms. The van der Waals surface area contributed by atoms with E-state index in [2.05, 4.69) is 59.5 Å². The van der Waals surface area contributed by atoms with Crippen LogP contribution >= 0.6 is 23.5 Å². The zero-order valence-corrected chi connectivity index (χ0v) is 20.3. The van der Waals surface area contributed by atoms with E-state index in [9.17, 15) is 0 Å². The van der Waals surface area contributed by atoms with Crippen molar-refractivity contribution in [3.05, 3.63) is 48.8 Å². The molecule has 0 amide bonds. The van der Waals surface area contributed by atoms with Gasteiger partial charge in [0, 0.05) is 30.9 Å². The van der Waals surface area contributed by atoms with Crippen molar-refractivity contribution in [1.82, 2.24) is 29.5 Å². The SMILES string of the molecule is CCCCCSc1ncnc2ncn(Cc3ccc4c(c3)N(COC)c3nccnc3S4)c12. The van der Waals surface area contributed by atoms with Crippen molar-refractivity contribution in [2.24, 2.45) is 0 Å². The number of hydrogen-bond acceptors (Lipinski definition) is 9. The number of methoxy groups -OCH3 is 1. The molecular formula is C23H25N7OS2. The van der Waals surface area contributed by atoms with Gasteiger partial charge in [-0.25, -0.2) is 24.9 Å². The number of fused-ring (bicyclic) bond motifs is 3. The molecule has 10 heteroatoms. The van der Waals surface area contributed by atoms with Crippen LogP contribution in [0.3, 0.4) is 0 Å². The van der Waals surface area contributed by atoms with Crippen LogP contribution in [0.2, 0.25) is 0 Å². The second-order valence-corrected chi connectivity index (χ2v) is 9.83. The topological polar surface area (TPSA) is 81.9 Å². The number of hydrogen-bond donors (Lipinski definition) is 0. The molecule has 0 saturated carbocycles. The lowest BCUT2D eigenvalue weighted by Crippen LogP contribution is -2.24. The van der Waals surface area contributed by atoms with Crippen LogP contribution in [-0.4, -0.2) is 49.1 Å². The number of unbranched alkanes of at least 4 members (excludes halogenated alkanes) is 2. The summed E-state index contributed by atoms with van der Waals surface area (Å²) in [5.41, 5.74) is 3.97. The Kier molecular flexibility index (Phi) is 6.75. The number of rotatable bonds is 9. The first kappa shape index (κ1) is 22.1. The Balaban J connectivity index is 1.45. The molecule has 1 aliphatic rings. The Morgan fingerprint density at radius 1 is 1.06 bits per heavy atom. The Morgan fingerprint density at radius 3 is 2.85 bits per heavy atom. The molecule has 0 fully saturated rings. The second kappa shape index (κ2) is 10.1. The lowest BCUT2D eigenvalue weighted by molar-refractivity contribution is 0.204. The first-order chi connectivity index (χ1) is 16.3. The van der Waals surface area contributed by atoms with E-state index in [1.165, 1.54) is 19.3 Å². The molecule has 0 unspecified atom stereocenters. The molecule has 8 nitrogen and oxygen atoms in total. The largest absolute Gasteiger partial charge is 0.364 e. The lowest BCUT2D eigenvalue weighted by Gasteiger charge is -2.30. The van der Waals surface area contributed by atoms with E-state index in [-0.39, 0.29) is 0 Å². The van der Waals surface area contributed by atoms with Gasteiger partial charge < -0.3 is 9.30 Å². The summed E-state index contributed by atoms with van der Waals surface area (Å²) in [5.74, 6) is 1.87. The van der Waals surface area contributed by atoms with Gasteiger partial charge in [-0.05, 0) is 29.9 Å². The molecule has 1 aliphatic heterocycles. The average molecular weight is 480 g/mol. The number of thioether (sulfide) groups is 1. The molecule has 1 aromatic carbocycles. The summed E-state index contributed by atoms with van der Waals surface area (Å²) < 4.78 is 7.63. The minimum atomic E-state index is 0.406. The van der Waals surface area contributed by atoms with Crippen molar-refractivity contribution in [2.75, 3.05) is 24.5 Å². The first-order valence-corrected chi connectivity index (χ1v) is 12.8. The van der Waals surface area contributed by atoms with Crippen LogP contribution in [0.25, 0.3) is 11.2 Å². The zero-order chi connectivity index (χ0) is 22.6. The van der Waals surface area contributed by atoms with Crippen LogP contribution < -0.4 is 4.90 Å². The highest BCUT2D eigenvalue weighted by molar-refractivity contribution is 7.99. The van der Waals surface area contributed by atoms with E-state index in [4.69, 9.17) is 4.74 Å². The fraction of sp³-hybridized carbons (Fsp3) is 0.348. The lowest BCUT2D eigenvalue weighted by atomic mass is 10.1. The maximum absolute atomic E-state index is 5.48. The van der Waals surface area contributed by atoms with E-state index >= 15 is 0 Å². The summed E-state index contributed by atoms with van der Waals surface area (Å²) in [6, 6.07) is 6.50. The molecule has 5 rings (SSSR count). The summed E-state index contributed by atoms with van der Waals surface area (Å²) >= 11 is 3.42. The third-order valence-electron chi connectivity index (χ3n) is 5.40. The van der Waals surface area contributed by atoms with Crippen LogP contribution in [0.15, 0.2) is 58.2 Å². The van der Waals surface area contributed by atoms with Gasteiger partial charge in [0.15, 0.2) is 11.5 Å². The van der Waals surface area contributed by atoms with E-state index in [1.54, 1.807) is 49.4 Å². The van der Waals surface area contributed by atoms with Crippen molar-refractivity contribution in [2.45, 2.75) is 47.7 Å². The van der Waals surface area contributed by atoms with Gasteiger partial charge in [-0.2, -0.15) is 0 Å². The molecule has 0 saturated heterocycles. The maximum Gasteiger partial charge on any atom is 0.181 e. The number of ether oxygens (including phenoxy) is 1. The van der Waals surface area contributed by atoms with E-state index in [0.29, 0.717) is 13.3 Å². The Bertz CT molecular complexity index is 1260. The zero-order valence-electron chi connectivity index (χ0n) is 18.6. The van der Waals surface area contributed by atoms with Gasteiger partial charge >= 0.3 is 0 Å². The van der Waals surface area contributed by atoms with Crippen molar-refractivity contribution in [3.63, 3.8) is 0 Å². The molecule has 4 heterocycles. The van der Waals surface area contributed by atoms with Gasteiger partial charge in [0.1, 0.15) is 28.6 Å². The Morgan fingerprint density at radius 2 is 1.97 bits per heavy atom. The Hall–Kier alpha value is -2.69. The number of anilines is 2. The van der Waals surface area contributed by atoms with E-state index in [1.807, 2.05) is 6.33 Å². The number of imidazole rings is 1. The third kappa shape index (κ3) is 4.55. The third-order valence-corrected chi connectivity index (χ3v) is 7.51. The smallest absolute Gasteiger partial charge is 0.181 e. The number of aromatic nitrogens is 6. The van der Waals surface area contributed by atoms with Crippen LogP contribution in [0.5, 0.6) is 0 Å². The predicted octanol–water partition coefficient (Wildman–Crippen LogP) is 5.15. The van der Waals surface area contributed by atoms with Crippen LogP contribution in [0.4, 0.5) is 11.5 Å². The van der Waals surface area contributed by atoms with Gasteiger partial charge in [-0.1, -0.05) is 37.6 Å². The molecule has 0 N–H and O–H groups in total. The molecule has 33 heavy (non-hydrogen) atoms. The molecule has 4 aromatic rings. The van der Waals surface area contributed by atoms with Gasteiger partial charge in [0.2, 0.25) is 0 Å². The summed E-state index contributed by atoms with van der Waals surface area (Å²) in [6.45, 7) is 3.31. The Labute approximate surface area is 201 Å². The summed E-state index contributed by atoms with van der Waals surface area (Å²) in [4.78, 5) is 25.7. The summed E-state index contributed by atoms with van der Waals surface area (Å²) in [7, 11) is 1.69. The van der Waals surface area contributed by atoms with Crippen LogP contribution in [-0.2, 0) is 11.3 Å². The molecule has 0 atom stereocenters. The highest BCUT2D eigenvalue weighted by atomic mass is 32.2. The van der Waals surface area contributed by atoms with Crippen molar-refractivity contribution in [1.29, 1.82) is 0 Å². The molecule has 0 aliphatic carbocycles. The van der Waals surface area contributed by atoms with Crippen molar-refractivity contribution >= 4 is 46.2 Å². The van der Waals surface area contributed by atoms with Gasteiger partial charge in [-0.3, -0.25) is 4.90 Å². The molecule has 0 spiro atoms. The van der Waals surface area contributed by atoms with Gasteiger partial charge in [0.25, 0.3) is 0 Å². The fourth-order valence-electron chi connectivity index (χ4n) is 3.84. The van der Waals surface area contributed by atoms with Gasteiger partial charge in [-0.15, -0.1) is 11.8 Å². The number of nitrogens with zero attached hydrogens (tertiary/aromatic N) is 7. The molecule has 170 valence electrons. The fourth-order valence-corrected chi connectivity index (χ4v) is 5.83. The highest BCUT2D eigenvalue weighted by Crippen LogP contribution is 2.46. The predicted molar refractivity (Wildman–Crippen MR) is 131 cm³/mol. The van der Waals surface area contributed by atoms with Crippen LogP contribution in [0, 0.1) is 0 Å². The van der Waals surface area contributed by atoms with Crippen molar-refractivity contribution < 1.29 is 4.74 Å². The normalized spacial score (nSPS) is 12.7. The second-order valence-electron chi connectivity index (χ2n) is 7.71. The van der Waals surface area contributed by atoms with Gasteiger partial charge in [0.05, 0.1) is 12.0 Å². The van der Waals surface area contributed by atoms with E-state index in [0.717, 1.165) is 48.9 Å². The molecule has 3 aromatic heterocycles. The number of benzene rings is 1. The highest BCUT2D eigenvalue weighted by Gasteiger charge is 2.26. The maximum atomic E-state index is 5.48.